The largest absolute Gasteiger partial charge is 0.497 e. The van der Waals surface area contributed by atoms with Gasteiger partial charge in [-0.1, -0.05) is 12.8 Å². The van der Waals surface area contributed by atoms with Gasteiger partial charge in [0.05, 0.1) is 13.0 Å². The summed E-state index contributed by atoms with van der Waals surface area (Å²) < 4.78 is 33.7. The number of carbonyl (C=O) groups is 2. The lowest BCUT2D eigenvalue weighted by Gasteiger charge is -2.32. The van der Waals surface area contributed by atoms with Crippen molar-refractivity contribution in [2.45, 2.75) is 37.6 Å². The van der Waals surface area contributed by atoms with Crippen LogP contribution in [0.25, 0.3) is 0 Å². The second-order valence-corrected chi connectivity index (χ2v) is 5.89. The Morgan fingerprint density at radius 3 is 2.38 bits per heavy atom. The van der Waals surface area contributed by atoms with Crippen LogP contribution in [0.5, 0.6) is 5.75 Å². The third-order valence-electron chi connectivity index (χ3n) is 4.40. The molecule has 0 radical (unpaired) electrons. The van der Waals surface area contributed by atoms with E-state index < -0.39 is 29.4 Å². The molecule has 2 atom stereocenters. The van der Waals surface area contributed by atoms with E-state index in [4.69, 9.17) is 4.74 Å². The second kappa shape index (κ2) is 7.59. The number of benzene rings is 1. The number of ether oxygens (including phenoxy) is 1. The minimum absolute atomic E-state index is 0.229. The van der Waals surface area contributed by atoms with Crippen LogP contribution < -0.4 is 15.4 Å². The summed E-state index contributed by atoms with van der Waals surface area (Å²) >= 11 is 0. The van der Waals surface area contributed by atoms with Gasteiger partial charge in [0.25, 0.3) is 5.91 Å². The first-order chi connectivity index (χ1) is 11.4. The lowest BCUT2D eigenvalue weighted by Crippen LogP contribution is -2.51. The van der Waals surface area contributed by atoms with E-state index in [1.807, 2.05) is 0 Å². The van der Waals surface area contributed by atoms with E-state index in [2.05, 4.69) is 10.6 Å². The van der Waals surface area contributed by atoms with E-state index in [1.165, 1.54) is 26.3 Å². The summed E-state index contributed by atoms with van der Waals surface area (Å²) in [7, 11) is 2.93. The fraction of sp³-hybridized carbons (Fsp3) is 0.529. The predicted octanol–water partition coefficient (Wildman–Crippen LogP) is 2.21. The van der Waals surface area contributed by atoms with Crippen LogP contribution in [0.2, 0.25) is 0 Å². The number of halogens is 2. The van der Waals surface area contributed by atoms with Gasteiger partial charge in [0.2, 0.25) is 5.91 Å². The summed E-state index contributed by atoms with van der Waals surface area (Å²) in [5.74, 6) is -5.32. The van der Waals surface area contributed by atoms with Gasteiger partial charge in [0.15, 0.2) is 0 Å². The van der Waals surface area contributed by atoms with E-state index in [9.17, 15) is 18.4 Å². The molecule has 1 aromatic rings. The number of nitrogens with one attached hydrogen (secondary N) is 2. The molecule has 0 bridgehead atoms. The highest BCUT2D eigenvalue weighted by Gasteiger charge is 2.43. The summed E-state index contributed by atoms with van der Waals surface area (Å²) in [6, 6.07) is 4.51. The maximum Gasteiger partial charge on any atom is 0.349 e. The molecular formula is C17H22F2N2O3. The standard InChI is InChI=1S/C17H22F2N2O3/c1-20-15(22)13-5-3-4-6-14(13)21-16(23)17(18,19)11-7-9-12(24-2)10-8-11/h7-10,13-14H,3-6H2,1-2H3,(H,20,22)(H,21,23)/t13-,14-/m1/s1. The Balaban J connectivity index is 2.12. The number of alkyl halides is 2. The third-order valence-corrected chi connectivity index (χ3v) is 4.40. The zero-order valence-corrected chi connectivity index (χ0v) is 13.8. The molecule has 0 aromatic heterocycles. The monoisotopic (exact) mass is 340 g/mol. The van der Waals surface area contributed by atoms with E-state index in [-0.39, 0.29) is 5.91 Å². The molecule has 0 spiro atoms. The van der Waals surface area contributed by atoms with E-state index in [0.717, 1.165) is 25.0 Å². The summed E-state index contributed by atoms with van der Waals surface area (Å²) in [5.41, 5.74) is -0.409. The van der Waals surface area contributed by atoms with Crippen LogP contribution in [0, 0.1) is 5.92 Å². The maximum atomic E-state index is 14.4. The van der Waals surface area contributed by atoms with Crippen LogP contribution in [0.1, 0.15) is 31.2 Å². The molecule has 7 heteroatoms. The van der Waals surface area contributed by atoms with Gasteiger partial charge in [-0.2, -0.15) is 8.78 Å². The van der Waals surface area contributed by atoms with Crippen molar-refractivity contribution in [3.63, 3.8) is 0 Å². The topological polar surface area (TPSA) is 67.4 Å². The molecule has 0 aliphatic heterocycles. The third kappa shape index (κ3) is 3.83. The molecule has 132 valence electrons. The summed E-state index contributed by atoms with van der Waals surface area (Å²) in [5, 5.41) is 4.90. The van der Waals surface area contributed by atoms with Crippen molar-refractivity contribution in [3.8, 4) is 5.75 Å². The van der Waals surface area contributed by atoms with Gasteiger partial charge in [-0.25, -0.2) is 0 Å². The molecule has 1 aliphatic carbocycles. The molecule has 1 fully saturated rings. The first kappa shape index (κ1) is 18.2. The molecule has 1 saturated carbocycles. The summed E-state index contributed by atoms with van der Waals surface area (Å²) in [6.45, 7) is 0. The molecule has 2 N–H and O–H groups in total. The van der Waals surface area contributed by atoms with Crippen LogP contribution >= 0.6 is 0 Å². The Bertz CT molecular complexity index is 590. The van der Waals surface area contributed by atoms with Crippen molar-refractivity contribution in [1.29, 1.82) is 0 Å². The van der Waals surface area contributed by atoms with Crippen molar-refractivity contribution < 1.29 is 23.1 Å². The van der Waals surface area contributed by atoms with Crippen molar-refractivity contribution in [2.24, 2.45) is 5.92 Å². The SMILES string of the molecule is CNC(=O)[C@@H]1CCCC[C@H]1NC(=O)C(F)(F)c1ccc(OC)cc1. The molecule has 1 aliphatic rings. The van der Waals surface area contributed by atoms with Crippen molar-refractivity contribution in [1.82, 2.24) is 10.6 Å². The highest BCUT2D eigenvalue weighted by Crippen LogP contribution is 2.31. The molecule has 24 heavy (non-hydrogen) atoms. The minimum atomic E-state index is -3.67. The Kier molecular flexibility index (Phi) is 5.75. The molecule has 2 rings (SSSR count). The molecule has 1 aromatic carbocycles. The molecule has 2 amide bonds. The van der Waals surface area contributed by atoms with E-state index in [1.54, 1.807) is 0 Å². The highest BCUT2D eigenvalue weighted by molar-refractivity contribution is 5.86. The predicted molar refractivity (Wildman–Crippen MR) is 84.8 cm³/mol. The zero-order chi connectivity index (χ0) is 17.7. The number of amides is 2. The highest BCUT2D eigenvalue weighted by atomic mass is 19.3. The molecule has 5 nitrogen and oxygen atoms in total. The average molecular weight is 340 g/mol. The van der Waals surface area contributed by atoms with Crippen molar-refractivity contribution >= 4 is 11.8 Å². The number of hydrogen-bond donors (Lipinski definition) is 2. The first-order valence-corrected chi connectivity index (χ1v) is 7.95. The van der Waals surface area contributed by atoms with Crippen LogP contribution in [0.15, 0.2) is 24.3 Å². The van der Waals surface area contributed by atoms with Gasteiger partial charge in [-0.3, -0.25) is 9.59 Å². The zero-order valence-electron chi connectivity index (χ0n) is 13.8. The average Bonchev–Trinajstić information content (AvgIpc) is 2.61. The minimum Gasteiger partial charge on any atom is -0.497 e. The quantitative estimate of drug-likeness (QED) is 0.864. The number of rotatable bonds is 5. The maximum absolute atomic E-state index is 14.4. The smallest absolute Gasteiger partial charge is 0.349 e. The van der Waals surface area contributed by atoms with Gasteiger partial charge in [-0.05, 0) is 37.1 Å². The van der Waals surface area contributed by atoms with Crippen LogP contribution in [-0.4, -0.2) is 32.0 Å². The fourth-order valence-corrected chi connectivity index (χ4v) is 2.99. The normalized spacial score (nSPS) is 21.0. The van der Waals surface area contributed by atoms with Crippen LogP contribution in [0.3, 0.4) is 0 Å². The van der Waals surface area contributed by atoms with E-state index in [0.29, 0.717) is 18.6 Å². The van der Waals surface area contributed by atoms with E-state index >= 15 is 0 Å². The van der Waals surface area contributed by atoms with Crippen LogP contribution in [-0.2, 0) is 15.5 Å². The Hall–Kier alpha value is -2.18. The molecule has 0 unspecified atom stereocenters. The number of carbonyl (C=O) groups excluding carboxylic acids is 2. The van der Waals surface area contributed by atoms with Gasteiger partial charge in [-0.15, -0.1) is 0 Å². The Morgan fingerprint density at radius 1 is 1.17 bits per heavy atom. The Morgan fingerprint density at radius 2 is 1.79 bits per heavy atom. The second-order valence-electron chi connectivity index (χ2n) is 5.89. The van der Waals surface area contributed by atoms with Crippen LogP contribution in [0.4, 0.5) is 8.78 Å². The number of methoxy groups -OCH3 is 1. The van der Waals surface area contributed by atoms with Gasteiger partial charge in [0.1, 0.15) is 5.75 Å². The number of hydrogen-bond acceptors (Lipinski definition) is 3. The van der Waals surface area contributed by atoms with Gasteiger partial charge < -0.3 is 15.4 Å². The van der Waals surface area contributed by atoms with Crippen molar-refractivity contribution in [3.05, 3.63) is 29.8 Å². The lowest BCUT2D eigenvalue weighted by molar-refractivity contribution is -0.149. The molecule has 0 heterocycles. The lowest BCUT2D eigenvalue weighted by atomic mass is 9.83. The summed E-state index contributed by atoms with van der Waals surface area (Å²) in [4.78, 5) is 24.0. The Labute approximate surface area is 139 Å². The van der Waals surface area contributed by atoms with Crippen molar-refractivity contribution in [2.75, 3.05) is 14.2 Å². The first-order valence-electron chi connectivity index (χ1n) is 7.95. The van der Waals surface area contributed by atoms with Gasteiger partial charge >= 0.3 is 5.92 Å². The molecule has 0 saturated heterocycles. The summed E-state index contributed by atoms with van der Waals surface area (Å²) in [6.07, 6.45) is 2.74. The fourth-order valence-electron chi connectivity index (χ4n) is 2.99. The molecular weight excluding hydrogens is 318 g/mol. The van der Waals surface area contributed by atoms with Gasteiger partial charge in [0, 0.05) is 18.7 Å².